The molecule has 0 unspecified atom stereocenters. The summed E-state index contributed by atoms with van der Waals surface area (Å²) in [4.78, 5) is 39.4. The third-order valence-corrected chi connectivity index (χ3v) is 5.97. The van der Waals surface area contributed by atoms with E-state index in [9.17, 15) is 19.5 Å². The standard InChI is InChI=1S/C28H28N2O5/c1-3-5-18(6-4-2)26(32)29-19-7-13-22(14-8-19)35-23-15-16-24-25(17-23)28(34)30(27(24)33)20-9-11-21(31)12-10-20/h7-18,31H,3-6H2,1-2H3,(H,29,32). The predicted octanol–water partition coefficient (Wildman–Crippen LogP) is 6.14. The third kappa shape index (κ3) is 5.19. The Labute approximate surface area is 204 Å². The van der Waals surface area contributed by atoms with Crippen molar-refractivity contribution in [1.29, 1.82) is 0 Å². The molecule has 0 atom stereocenters. The molecule has 0 aromatic heterocycles. The average Bonchev–Trinajstić information content (AvgIpc) is 3.10. The molecule has 0 radical (unpaired) electrons. The van der Waals surface area contributed by atoms with Gasteiger partial charge in [-0.15, -0.1) is 0 Å². The molecule has 35 heavy (non-hydrogen) atoms. The maximum atomic E-state index is 12.9. The Morgan fingerprint density at radius 3 is 2.09 bits per heavy atom. The molecule has 0 spiro atoms. The number of benzene rings is 3. The van der Waals surface area contributed by atoms with Crippen LogP contribution in [-0.2, 0) is 4.79 Å². The topological polar surface area (TPSA) is 95.9 Å². The lowest BCUT2D eigenvalue weighted by atomic mass is 9.97. The minimum absolute atomic E-state index is 0.00808. The first-order chi connectivity index (χ1) is 16.9. The van der Waals surface area contributed by atoms with Crippen LogP contribution in [0.3, 0.4) is 0 Å². The highest BCUT2D eigenvalue weighted by molar-refractivity contribution is 6.34. The SMILES string of the molecule is CCCC(CCC)C(=O)Nc1ccc(Oc2ccc3c(c2)C(=O)N(c2ccc(O)cc2)C3=O)cc1. The number of phenols is 1. The molecule has 7 nitrogen and oxygen atoms in total. The molecule has 3 amide bonds. The number of hydrogen-bond donors (Lipinski definition) is 2. The van der Waals surface area contributed by atoms with E-state index in [2.05, 4.69) is 19.2 Å². The number of amides is 3. The van der Waals surface area contributed by atoms with Gasteiger partial charge in [0.25, 0.3) is 11.8 Å². The summed E-state index contributed by atoms with van der Waals surface area (Å²) in [6.45, 7) is 4.16. The zero-order valence-corrected chi connectivity index (χ0v) is 19.8. The van der Waals surface area contributed by atoms with Crippen molar-refractivity contribution in [3.63, 3.8) is 0 Å². The normalized spacial score (nSPS) is 12.7. The first kappa shape index (κ1) is 24.0. The van der Waals surface area contributed by atoms with Crippen molar-refractivity contribution in [1.82, 2.24) is 0 Å². The van der Waals surface area contributed by atoms with Crippen molar-refractivity contribution in [2.75, 3.05) is 10.2 Å². The molecule has 3 aromatic carbocycles. The quantitative estimate of drug-likeness (QED) is 0.365. The molecule has 0 saturated carbocycles. The minimum Gasteiger partial charge on any atom is -0.508 e. The van der Waals surface area contributed by atoms with Crippen LogP contribution in [0.5, 0.6) is 17.2 Å². The molecule has 0 aliphatic carbocycles. The second-order valence-electron chi connectivity index (χ2n) is 8.56. The Bertz CT molecular complexity index is 1230. The van der Waals surface area contributed by atoms with Crippen molar-refractivity contribution in [3.05, 3.63) is 77.9 Å². The minimum atomic E-state index is -0.451. The van der Waals surface area contributed by atoms with Gasteiger partial charge in [0.2, 0.25) is 5.91 Å². The molecule has 0 bridgehead atoms. The van der Waals surface area contributed by atoms with Crippen LogP contribution >= 0.6 is 0 Å². The van der Waals surface area contributed by atoms with Crippen molar-refractivity contribution >= 4 is 29.1 Å². The number of ether oxygens (including phenoxy) is 1. The molecule has 1 heterocycles. The van der Waals surface area contributed by atoms with Gasteiger partial charge in [-0.1, -0.05) is 26.7 Å². The van der Waals surface area contributed by atoms with Gasteiger partial charge in [-0.3, -0.25) is 14.4 Å². The summed E-state index contributed by atoms with van der Waals surface area (Å²) in [5.74, 6) is 0.165. The molecule has 1 aliphatic heterocycles. The first-order valence-electron chi connectivity index (χ1n) is 11.8. The molecular formula is C28H28N2O5. The number of carbonyl (C=O) groups excluding carboxylic acids is 3. The number of hydrogen-bond acceptors (Lipinski definition) is 5. The summed E-state index contributed by atoms with van der Waals surface area (Å²) in [5.41, 5.74) is 1.62. The lowest BCUT2D eigenvalue weighted by Gasteiger charge is -2.15. The van der Waals surface area contributed by atoms with E-state index in [0.717, 1.165) is 30.6 Å². The molecule has 2 N–H and O–H groups in total. The molecule has 0 fully saturated rings. The van der Waals surface area contributed by atoms with Gasteiger partial charge in [0.15, 0.2) is 0 Å². The number of fused-ring (bicyclic) bond motifs is 1. The van der Waals surface area contributed by atoms with Crippen molar-refractivity contribution in [2.45, 2.75) is 39.5 Å². The van der Waals surface area contributed by atoms with Crippen LogP contribution in [0.15, 0.2) is 66.7 Å². The molecule has 0 saturated heterocycles. The number of aromatic hydroxyl groups is 1. The fraction of sp³-hybridized carbons (Fsp3) is 0.250. The first-order valence-corrected chi connectivity index (χ1v) is 11.8. The van der Waals surface area contributed by atoms with Gasteiger partial charge >= 0.3 is 0 Å². The second kappa shape index (κ2) is 10.4. The summed E-state index contributed by atoms with van der Waals surface area (Å²) in [6, 6.07) is 17.7. The fourth-order valence-electron chi connectivity index (χ4n) is 4.21. The van der Waals surface area contributed by atoms with Gasteiger partial charge < -0.3 is 15.2 Å². The van der Waals surface area contributed by atoms with E-state index >= 15 is 0 Å². The number of anilines is 2. The van der Waals surface area contributed by atoms with Crippen LogP contribution in [0, 0.1) is 5.92 Å². The van der Waals surface area contributed by atoms with Crippen molar-refractivity contribution in [2.24, 2.45) is 5.92 Å². The van der Waals surface area contributed by atoms with Gasteiger partial charge in [-0.25, -0.2) is 4.90 Å². The predicted molar refractivity (Wildman–Crippen MR) is 134 cm³/mol. The highest BCUT2D eigenvalue weighted by Gasteiger charge is 2.37. The highest BCUT2D eigenvalue weighted by atomic mass is 16.5. The molecule has 180 valence electrons. The van der Waals surface area contributed by atoms with Crippen LogP contribution in [0.2, 0.25) is 0 Å². The van der Waals surface area contributed by atoms with E-state index in [0.29, 0.717) is 28.4 Å². The molecular weight excluding hydrogens is 444 g/mol. The zero-order chi connectivity index (χ0) is 24.9. The van der Waals surface area contributed by atoms with E-state index < -0.39 is 11.8 Å². The molecule has 3 aromatic rings. The van der Waals surface area contributed by atoms with E-state index in [1.807, 2.05) is 0 Å². The monoisotopic (exact) mass is 472 g/mol. The summed E-state index contributed by atoms with van der Waals surface area (Å²) in [6.07, 6.45) is 3.66. The summed E-state index contributed by atoms with van der Waals surface area (Å²) in [5, 5.41) is 12.5. The van der Waals surface area contributed by atoms with Crippen molar-refractivity contribution in [3.8, 4) is 17.2 Å². The third-order valence-electron chi connectivity index (χ3n) is 5.97. The van der Waals surface area contributed by atoms with Crippen molar-refractivity contribution < 1.29 is 24.2 Å². The van der Waals surface area contributed by atoms with E-state index in [4.69, 9.17) is 4.74 Å². The number of imide groups is 1. The van der Waals surface area contributed by atoms with Gasteiger partial charge in [-0.05, 0) is 79.6 Å². The number of carbonyl (C=O) groups is 3. The number of phenolic OH excluding ortho intramolecular Hbond substituents is 1. The van der Waals surface area contributed by atoms with E-state index in [-0.39, 0.29) is 23.1 Å². The Balaban J connectivity index is 1.45. The smallest absolute Gasteiger partial charge is 0.266 e. The van der Waals surface area contributed by atoms with Crippen LogP contribution < -0.4 is 15.0 Å². The van der Waals surface area contributed by atoms with Gasteiger partial charge in [0, 0.05) is 11.6 Å². The van der Waals surface area contributed by atoms with Gasteiger partial charge in [0.05, 0.1) is 16.8 Å². The summed E-state index contributed by atoms with van der Waals surface area (Å²) in [7, 11) is 0. The van der Waals surface area contributed by atoms with Crippen LogP contribution in [0.4, 0.5) is 11.4 Å². The Morgan fingerprint density at radius 1 is 0.857 bits per heavy atom. The average molecular weight is 473 g/mol. The van der Waals surface area contributed by atoms with E-state index in [1.54, 1.807) is 42.5 Å². The Hall–Kier alpha value is -4.13. The summed E-state index contributed by atoms with van der Waals surface area (Å²) < 4.78 is 5.90. The van der Waals surface area contributed by atoms with Gasteiger partial charge in [0.1, 0.15) is 17.2 Å². The van der Waals surface area contributed by atoms with Gasteiger partial charge in [-0.2, -0.15) is 0 Å². The maximum Gasteiger partial charge on any atom is 0.266 e. The Kier molecular flexibility index (Phi) is 7.15. The molecule has 1 aliphatic rings. The van der Waals surface area contributed by atoms with E-state index in [1.165, 1.54) is 24.3 Å². The fourth-order valence-corrected chi connectivity index (χ4v) is 4.21. The number of nitrogens with zero attached hydrogens (tertiary/aromatic N) is 1. The largest absolute Gasteiger partial charge is 0.508 e. The lowest BCUT2D eigenvalue weighted by Crippen LogP contribution is -2.29. The highest BCUT2D eigenvalue weighted by Crippen LogP contribution is 2.33. The van der Waals surface area contributed by atoms with Crippen LogP contribution in [-0.4, -0.2) is 22.8 Å². The second-order valence-corrected chi connectivity index (χ2v) is 8.56. The number of nitrogens with one attached hydrogen (secondary N) is 1. The molecule has 7 heteroatoms. The lowest BCUT2D eigenvalue weighted by molar-refractivity contribution is -0.120. The number of rotatable bonds is 9. The zero-order valence-electron chi connectivity index (χ0n) is 19.8. The van der Waals surface area contributed by atoms with Crippen LogP contribution in [0.25, 0.3) is 0 Å². The maximum absolute atomic E-state index is 12.9. The van der Waals surface area contributed by atoms with Crippen LogP contribution in [0.1, 0.15) is 60.2 Å². The molecule has 4 rings (SSSR count). The Morgan fingerprint density at radius 2 is 1.46 bits per heavy atom. The summed E-state index contributed by atoms with van der Waals surface area (Å²) >= 11 is 0.